The molecule has 62 heavy (non-hydrogen) atoms. The molecule has 5 heteroatoms. The molecule has 1 aliphatic heterocycles. The first-order valence-corrected chi connectivity index (χ1v) is 22.1. The molecule has 0 amide bonds. The Balaban J connectivity index is 1.09. The molecule has 1 aliphatic rings. The summed E-state index contributed by atoms with van der Waals surface area (Å²) in [7, 11) is 0. The maximum absolute atomic E-state index is 4.63. The quantitative estimate of drug-likeness (QED) is 0.166. The summed E-state index contributed by atoms with van der Waals surface area (Å²) in [6.07, 6.45) is 0. The van der Waals surface area contributed by atoms with Gasteiger partial charge in [-0.05, 0) is 127 Å². The minimum atomic E-state index is -0.305. The molecule has 0 unspecified atom stereocenters. The molecule has 10 aromatic carbocycles. The van der Waals surface area contributed by atoms with Crippen LogP contribution in [-0.4, -0.2) is 14.8 Å². The summed E-state index contributed by atoms with van der Waals surface area (Å²) in [4.78, 5) is 2.49. The molecular weight excluding hydrogens is 773 g/mol. The van der Waals surface area contributed by atoms with Gasteiger partial charge in [-0.1, -0.05) is 147 Å². The smallest absolute Gasteiger partial charge is 0.148 e. The van der Waals surface area contributed by atoms with Crippen molar-refractivity contribution in [2.75, 3.05) is 4.90 Å². The summed E-state index contributed by atoms with van der Waals surface area (Å²) >= 11 is 1.62. The number of para-hydroxylation sites is 1. The summed E-state index contributed by atoms with van der Waals surface area (Å²) < 4.78 is 2.48. The monoisotopic (exact) mass is 810 g/mol. The highest BCUT2D eigenvalue weighted by Gasteiger charge is 2.38. The average Bonchev–Trinajstić information content (AvgIpc) is 3.94. The predicted octanol–water partition coefficient (Wildman–Crippen LogP) is 15.7. The van der Waals surface area contributed by atoms with Crippen LogP contribution >= 0.6 is 11.3 Å². The lowest BCUT2D eigenvalue weighted by molar-refractivity contribution is 0.634. The third-order valence-corrected chi connectivity index (χ3v) is 14.3. The van der Waals surface area contributed by atoms with Crippen molar-refractivity contribution in [3.63, 3.8) is 0 Å². The van der Waals surface area contributed by atoms with Crippen molar-refractivity contribution in [3.05, 3.63) is 205 Å². The zero-order chi connectivity index (χ0) is 41.1. The lowest BCUT2D eigenvalue weighted by Crippen LogP contribution is -2.30. The van der Waals surface area contributed by atoms with Crippen LogP contribution < -0.4 is 4.90 Å². The molecular formula is C57H38N4S. The molecule has 3 heterocycles. The van der Waals surface area contributed by atoms with Gasteiger partial charge in [0.15, 0.2) is 0 Å². The molecule has 12 aromatic rings. The predicted molar refractivity (Wildman–Crippen MR) is 262 cm³/mol. The molecule has 2 aromatic heterocycles. The highest BCUT2D eigenvalue weighted by Crippen LogP contribution is 2.55. The molecule has 0 spiro atoms. The van der Waals surface area contributed by atoms with E-state index in [1.54, 1.807) is 11.3 Å². The lowest BCUT2D eigenvalue weighted by Gasteiger charge is -2.42. The second-order valence-electron chi connectivity index (χ2n) is 17.1. The molecule has 4 nitrogen and oxygen atoms in total. The molecule has 292 valence electrons. The summed E-state index contributed by atoms with van der Waals surface area (Å²) in [5.74, 6) is 0. The van der Waals surface area contributed by atoms with E-state index in [-0.39, 0.29) is 5.41 Å². The third kappa shape index (κ3) is 5.12. The third-order valence-electron chi connectivity index (χ3n) is 13.3. The van der Waals surface area contributed by atoms with Gasteiger partial charge in [0.05, 0.1) is 22.4 Å². The van der Waals surface area contributed by atoms with Crippen LogP contribution in [0.2, 0.25) is 0 Å². The van der Waals surface area contributed by atoms with Crippen molar-refractivity contribution in [3.8, 4) is 26.8 Å². The van der Waals surface area contributed by atoms with E-state index in [1.807, 2.05) is 18.2 Å². The van der Waals surface area contributed by atoms with E-state index >= 15 is 0 Å². The second-order valence-corrected chi connectivity index (χ2v) is 18.0. The number of fused-ring (bicyclic) bond motifs is 12. The fourth-order valence-corrected chi connectivity index (χ4v) is 11.1. The van der Waals surface area contributed by atoms with Gasteiger partial charge in [-0.3, -0.25) is 0 Å². The van der Waals surface area contributed by atoms with Crippen LogP contribution in [0.25, 0.3) is 91.7 Å². The number of hydrogen-bond donors (Lipinski definition) is 0. The Morgan fingerprint density at radius 2 is 0.871 bits per heavy atom. The van der Waals surface area contributed by atoms with Gasteiger partial charge in [0.2, 0.25) is 0 Å². The SMILES string of the molecule is CC1(C)c2cc3ccccc3cc2N(c2ccc(-c3nnc(-c4ccccc4)s3)cc2)c2cc3c(cc21)c1cc2c4ccccc4c4ccccc4c2cc1n3-c1ccccc1. The first kappa shape index (κ1) is 35.2. The fourth-order valence-electron chi connectivity index (χ4n) is 10.2. The van der Waals surface area contributed by atoms with Crippen LogP contribution in [0.3, 0.4) is 0 Å². The first-order chi connectivity index (χ1) is 30.5. The molecule has 0 saturated carbocycles. The molecule has 0 atom stereocenters. The average molecular weight is 811 g/mol. The Morgan fingerprint density at radius 1 is 0.387 bits per heavy atom. The van der Waals surface area contributed by atoms with E-state index in [1.165, 1.54) is 87.4 Å². The Bertz CT molecular complexity index is 3770. The highest BCUT2D eigenvalue weighted by atomic mass is 32.1. The van der Waals surface area contributed by atoms with Crippen molar-refractivity contribution in [1.29, 1.82) is 0 Å². The number of rotatable bonds is 4. The number of nitrogens with zero attached hydrogens (tertiary/aromatic N) is 4. The van der Waals surface area contributed by atoms with Gasteiger partial charge in [-0.2, -0.15) is 0 Å². The van der Waals surface area contributed by atoms with Gasteiger partial charge < -0.3 is 9.47 Å². The van der Waals surface area contributed by atoms with Crippen LogP contribution in [0.4, 0.5) is 17.1 Å². The van der Waals surface area contributed by atoms with Crippen LogP contribution in [0, 0.1) is 0 Å². The van der Waals surface area contributed by atoms with Crippen LogP contribution in [0.15, 0.2) is 194 Å². The standard InChI is InChI=1S/C57H38N4S/c1-57(2)49-29-37-17-9-10-18-38(37)30-53(49)61(40-27-25-36(26-28-40)56-59-58-55(62-56)35-15-5-3-6-16-35)54-34-52-48(32-50(54)57)47-31-45-43-23-13-11-21-41(43)42-22-12-14-24-44(42)46(45)33-51(47)60(52)39-19-7-4-8-20-39/h3-34H,1-2H3. The molecule has 0 bridgehead atoms. The minimum absolute atomic E-state index is 0.305. The molecule has 0 radical (unpaired) electrons. The van der Waals surface area contributed by atoms with Crippen molar-refractivity contribution < 1.29 is 0 Å². The maximum atomic E-state index is 4.63. The van der Waals surface area contributed by atoms with Gasteiger partial charge in [-0.25, -0.2) is 0 Å². The van der Waals surface area contributed by atoms with Crippen LogP contribution in [-0.2, 0) is 5.41 Å². The van der Waals surface area contributed by atoms with Gasteiger partial charge >= 0.3 is 0 Å². The van der Waals surface area contributed by atoms with Gasteiger partial charge in [0.25, 0.3) is 0 Å². The second kappa shape index (κ2) is 13.2. The summed E-state index contributed by atoms with van der Waals surface area (Å²) in [5.41, 5.74) is 11.4. The Labute approximate surface area is 362 Å². The zero-order valence-electron chi connectivity index (χ0n) is 34.2. The largest absolute Gasteiger partial charge is 0.310 e. The van der Waals surface area contributed by atoms with Crippen molar-refractivity contribution >= 4 is 93.3 Å². The number of hydrogen-bond acceptors (Lipinski definition) is 4. The van der Waals surface area contributed by atoms with E-state index in [0.29, 0.717) is 0 Å². The fraction of sp³-hybridized carbons (Fsp3) is 0.0526. The molecule has 13 rings (SSSR count). The van der Waals surface area contributed by atoms with Gasteiger partial charge in [0.1, 0.15) is 10.0 Å². The summed E-state index contributed by atoms with van der Waals surface area (Å²) in [6.45, 7) is 4.80. The summed E-state index contributed by atoms with van der Waals surface area (Å²) in [6, 6.07) is 71.3. The number of anilines is 3. The van der Waals surface area contributed by atoms with Crippen LogP contribution in [0.1, 0.15) is 25.0 Å². The topological polar surface area (TPSA) is 34.0 Å². The Morgan fingerprint density at radius 3 is 1.53 bits per heavy atom. The van der Waals surface area contributed by atoms with Crippen molar-refractivity contribution in [2.24, 2.45) is 0 Å². The minimum Gasteiger partial charge on any atom is -0.310 e. The van der Waals surface area contributed by atoms with Gasteiger partial charge in [-0.15, -0.1) is 10.2 Å². The van der Waals surface area contributed by atoms with E-state index < -0.39 is 0 Å². The Hall–Kier alpha value is -7.60. The number of aromatic nitrogens is 3. The van der Waals surface area contributed by atoms with Crippen molar-refractivity contribution in [1.82, 2.24) is 14.8 Å². The van der Waals surface area contributed by atoms with E-state index in [2.05, 4.69) is 209 Å². The van der Waals surface area contributed by atoms with E-state index in [9.17, 15) is 0 Å². The summed E-state index contributed by atoms with van der Waals surface area (Å²) in [5, 5.41) is 23.7. The van der Waals surface area contributed by atoms with Crippen LogP contribution in [0.5, 0.6) is 0 Å². The Kier molecular flexibility index (Phi) is 7.49. The molecule has 0 aliphatic carbocycles. The lowest BCUT2D eigenvalue weighted by atomic mass is 9.72. The number of benzene rings is 10. The van der Waals surface area contributed by atoms with E-state index in [4.69, 9.17) is 0 Å². The highest BCUT2D eigenvalue weighted by molar-refractivity contribution is 7.17. The van der Waals surface area contributed by atoms with Gasteiger partial charge in [0, 0.05) is 38.7 Å². The van der Waals surface area contributed by atoms with E-state index in [0.717, 1.165) is 32.5 Å². The van der Waals surface area contributed by atoms with Crippen molar-refractivity contribution in [2.45, 2.75) is 19.3 Å². The molecule has 0 fully saturated rings. The zero-order valence-corrected chi connectivity index (χ0v) is 35.0. The first-order valence-electron chi connectivity index (χ1n) is 21.2. The molecule has 0 N–H and O–H groups in total. The maximum Gasteiger partial charge on any atom is 0.148 e. The normalized spacial score (nSPS) is 13.4. The molecule has 0 saturated heterocycles.